The van der Waals surface area contributed by atoms with Crippen LogP contribution in [0.2, 0.25) is 0 Å². The van der Waals surface area contributed by atoms with Gasteiger partial charge in [-0.25, -0.2) is 0 Å². The molecule has 1 saturated carbocycles. The average molecular weight is 340 g/mol. The van der Waals surface area contributed by atoms with Gasteiger partial charge in [0.2, 0.25) is 0 Å². The first-order chi connectivity index (χ1) is 9.63. The minimum absolute atomic E-state index is 0.184. The number of nitrogens with one attached hydrogen (secondary N) is 1. The van der Waals surface area contributed by atoms with Gasteiger partial charge in [0.25, 0.3) is 5.69 Å². The number of hydrogen-bond acceptors (Lipinski definition) is 4. The molecule has 1 heterocycles. The highest BCUT2D eigenvalue weighted by Gasteiger charge is 2.34. The van der Waals surface area contributed by atoms with E-state index in [0.717, 1.165) is 35.6 Å². The van der Waals surface area contributed by atoms with Gasteiger partial charge in [0.1, 0.15) is 0 Å². The van der Waals surface area contributed by atoms with Crippen molar-refractivity contribution in [2.45, 2.75) is 37.9 Å². The van der Waals surface area contributed by atoms with Crippen molar-refractivity contribution < 1.29 is 4.92 Å². The molecular formula is C14H18BrN3O2. The second-order valence-corrected chi connectivity index (χ2v) is 6.54. The molecule has 1 saturated heterocycles. The predicted octanol–water partition coefficient (Wildman–Crippen LogP) is 2.68. The van der Waals surface area contributed by atoms with Crippen molar-refractivity contribution in [3.05, 3.63) is 38.3 Å². The van der Waals surface area contributed by atoms with Crippen LogP contribution in [0.4, 0.5) is 5.69 Å². The summed E-state index contributed by atoms with van der Waals surface area (Å²) in [6.07, 6.45) is 3.82. The van der Waals surface area contributed by atoms with Crippen molar-refractivity contribution in [1.29, 1.82) is 0 Å². The maximum atomic E-state index is 11.1. The summed E-state index contributed by atoms with van der Waals surface area (Å²) in [4.78, 5) is 13.3. The Balaban J connectivity index is 1.59. The Hall–Kier alpha value is -0.980. The maximum absolute atomic E-state index is 11.1. The Morgan fingerprint density at radius 2 is 2.20 bits per heavy atom. The number of likely N-dealkylation sites (tertiary alicyclic amines) is 1. The van der Waals surface area contributed by atoms with Crippen LogP contribution >= 0.6 is 15.9 Å². The fourth-order valence-corrected chi connectivity index (χ4v) is 3.18. The van der Waals surface area contributed by atoms with Gasteiger partial charge in [0, 0.05) is 47.8 Å². The quantitative estimate of drug-likeness (QED) is 0.661. The van der Waals surface area contributed by atoms with E-state index in [-0.39, 0.29) is 10.6 Å². The molecule has 5 nitrogen and oxygen atoms in total. The molecule has 0 aromatic heterocycles. The van der Waals surface area contributed by atoms with Crippen LogP contribution in [0.3, 0.4) is 0 Å². The van der Waals surface area contributed by atoms with Gasteiger partial charge >= 0.3 is 0 Å². The highest BCUT2D eigenvalue weighted by molar-refractivity contribution is 9.10. The van der Waals surface area contributed by atoms with Crippen LogP contribution in [0.1, 0.15) is 24.8 Å². The molecular weight excluding hydrogens is 322 g/mol. The molecule has 1 aromatic rings. The van der Waals surface area contributed by atoms with Crippen LogP contribution in [-0.4, -0.2) is 35.0 Å². The van der Waals surface area contributed by atoms with E-state index < -0.39 is 0 Å². The summed E-state index contributed by atoms with van der Waals surface area (Å²) in [5, 5.41) is 14.5. The zero-order valence-corrected chi connectivity index (χ0v) is 12.8. The van der Waals surface area contributed by atoms with Gasteiger partial charge in [0.15, 0.2) is 0 Å². The Labute approximate surface area is 126 Å². The normalized spacial score (nSPS) is 23.1. The van der Waals surface area contributed by atoms with Crippen molar-refractivity contribution in [1.82, 2.24) is 10.2 Å². The number of halogens is 1. The third-order valence-electron chi connectivity index (χ3n) is 4.11. The molecule has 1 aliphatic heterocycles. The standard InChI is InChI=1S/C14H18BrN3O2/c15-11-2-1-10(14(7-11)18(19)20)8-16-12-5-6-17(9-12)13-3-4-13/h1-2,7,12-13,16H,3-6,8-9H2. The van der Waals surface area contributed by atoms with Gasteiger partial charge in [-0.3, -0.25) is 15.0 Å². The lowest BCUT2D eigenvalue weighted by molar-refractivity contribution is -0.385. The third kappa shape index (κ3) is 3.19. The first-order valence-electron chi connectivity index (χ1n) is 7.04. The number of nitro groups is 1. The Morgan fingerprint density at radius 3 is 2.90 bits per heavy atom. The Bertz CT molecular complexity index is 519. The Morgan fingerprint density at radius 1 is 1.40 bits per heavy atom. The number of benzene rings is 1. The van der Waals surface area contributed by atoms with E-state index in [4.69, 9.17) is 0 Å². The van der Waals surface area contributed by atoms with Crippen molar-refractivity contribution in [2.75, 3.05) is 13.1 Å². The molecule has 6 heteroatoms. The smallest absolute Gasteiger partial charge is 0.275 e. The highest BCUT2D eigenvalue weighted by Crippen LogP contribution is 2.30. The van der Waals surface area contributed by atoms with Crippen LogP contribution in [0.25, 0.3) is 0 Å². The average Bonchev–Trinajstić information content (AvgIpc) is 3.17. The molecule has 3 rings (SSSR count). The molecule has 20 heavy (non-hydrogen) atoms. The molecule has 1 atom stereocenters. The fraction of sp³-hybridized carbons (Fsp3) is 0.571. The molecule has 0 radical (unpaired) electrons. The van der Waals surface area contributed by atoms with E-state index in [0.29, 0.717) is 12.6 Å². The van der Waals surface area contributed by atoms with Crippen LogP contribution in [0, 0.1) is 10.1 Å². The molecule has 0 amide bonds. The molecule has 0 bridgehead atoms. The summed E-state index contributed by atoms with van der Waals surface area (Å²) in [5.74, 6) is 0. The third-order valence-corrected chi connectivity index (χ3v) is 4.60. The second-order valence-electron chi connectivity index (χ2n) is 5.62. The molecule has 1 unspecified atom stereocenters. The van der Waals surface area contributed by atoms with Gasteiger partial charge in [-0.15, -0.1) is 0 Å². The van der Waals surface area contributed by atoms with E-state index in [2.05, 4.69) is 26.1 Å². The van der Waals surface area contributed by atoms with Gasteiger partial charge < -0.3 is 5.32 Å². The topological polar surface area (TPSA) is 58.4 Å². The SMILES string of the molecule is O=[N+]([O-])c1cc(Br)ccc1CNC1CCN(C2CC2)C1. The second kappa shape index (κ2) is 5.79. The van der Waals surface area contributed by atoms with E-state index in [1.165, 1.54) is 12.8 Å². The van der Waals surface area contributed by atoms with Crippen molar-refractivity contribution in [2.24, 2.45) is 0 Å². The van der Waals surface area contributed by atoms with Gasteiger partial charge in [-0.1, -0.05) is 15.9 Å². The van der Waals surface area contributed by atoms with E-state index in [1.807, 2.05) is 12.1 Å². The van der Waals surface area contributed by atoms with Crippen LogP contribution < -0.4 is 5.32 Å². The lowest BCUT2D eigenvalue weighted by atomic mass is 10.1. The van der Waals surface area contributed by atoms with Gasteiger partial charge in [0.05, 0.1) is 4.92 Å². The van der Waals surface area contributed by atoms with E-state index in [9.17, 15) is 10.1 Å². The van der Waals surface area contributed by atoms with Crippen LogP contribution in [0.15, 0.2) is 22.7 Å². The zero-order chi connectivity index (χ0) is 14.1. The summed E-state index contributed by atoms with van der Waals surface area (Å²) >= 11 is 3.28. The summed E-state index contributed by atoms with van der Waals surface area (Å²) in [5.41, 5.74) is 0.937. The molecule has 0 spiro atoms. The molecule has 2 aliphatic rings. The maximum Gasteiger partial charge on any atom is 0.275 e. The Kier molecular flexibility index (Phi) is 4.05. The first-order valence-corrected chi connectivity index (χ1v) is 7.83. The summed E-state index contributed by atoms with van der Waals surface area (Å²) in [6.45, 7) is 2.80. The summed E-state index contributed by atoms with van der Waals surface area (Å²) in [7, 11) is 0. The molecule has 1 aliphatic carbocycles. The zero-order valence-electron chi connectivity index (χ0n) is 11.2. The van der Waals surface area contributed by atoms with Crippen LogP contribution in [0.5, 0.6) is 0 Å². The van der Waals surface area contributed by atoms with Crippen LogP contribution in [-0.2, 0) is 6.54 Å². The van der Waals surface area contributed by atoms with Crippen molar-refractivity contribution >= 4 is 21.6 Å². The van der Waals surface area contributed by atoms with Crippen molar-refractivity contribution in [3.63, 3.8) is 0 Å². The monoisotopic (exact) mass is 339 g/mol. The summed E-state index contributed by atoms with van der Waals surface area (Å²) < 4.78 is 0.744. The minimum Gasteiger partial charge on any atom is -0.308 e. The van der Waals surface area contributed by atoms with Gasteiger partial charge in [-0.05, 0) is 31.4 Å². The molecule has 1 aromatic carbocycles. The molecule has 1 N–H and O–H groups in total. The molecule has 108 valence electrons. The van der Waals surface area contributed by atoms with E-state index in [1.54, 1.807) is 6.07 Å². The fourth-order valence-electron chi connectivity index (χ4n) is 2.84. The predicted molar refractivity (Wildman–Crippen MR) is 80.6 cm³/mol. The molecule has 2 fully saturated rings. The first kappa shape index (κ1) is 14.0. The number of rotatable bonds is 5. The highest BCUT2D eigenvalue weighted by atomic mass is 79.9. The number of nitrogens with zero attached hydrogens (tertiary/aromatic N) is 2. The number of hydrogen-bond donors (Lipinski definition) is 1. The number of nitro benzene ring substituents is 1. The van der Waals surface area contributed by atoms with Gasteiger partial charge in [-0.2, -0.15) is 0 Å². The lowest BCUT2D eigenvalue weighted by Gasteiger charge is -2.15. The minimum atomic E-state index is -0.313. The lowest BCUT2D eigenvalue weighted by Crippen LogP contribution is -2.33. The van der Waals surface area contributed by atoms with Crippen molar-refractivity contribution in [3.8, 4) is 0 Å². The van der Waals surface area contributed by atoms with E-state index >= 15 is 0 Å². The summed E-state index contributed by atoms with van der Waals surface area (Å²) in [6, 6.07) is 6.52. The largest absolute Gasteiger partial charge is 0.308 e.